The maximum atomic E-state index is 14.5. The first kappa shape index (κ1) is 23.6. The largest absolute Gasteiger partial charge is 0.478 e. The fourth-order valence-corrected chi connectivity index (χ4v) is 4.63. The van der Waals surface area contributed by atoms with E-state index in [-0.39, 0.29) is 16.1 Å². The molecule has 0 saturated heterocycles. The van der Waals surface area contributed by atoms with Crippen LogP contribution in [0.3, 0.4) is 0 Å². The first-order valence-corrected chi connectivity index (χ1v) is 11.5. The van der Waals surface area contributed by atoms with Gasteiger partial charge in [0.1, 0.15) is 22.5 Å². The number of anilines is 1. The smallest absolute Gasteiger partial charge is 0.340 e. The van der Waals surface area contributed by atoms with Crippen molar-refractivity contribution in [3.8, 4) is 11.5 Å². The average Bonchev–Trinajstić information content (AvgIpc) is 3.16. The fourth-order valence-electron chi connectivity index (χ4n) is 4.47. The van der Waals surface area contributed by atoms with Gasteiger partial charge in [-0.1, -0.05) is 23.7 Å². The highest BCUT2D eigenvalue weighted by Gasteiger charge is 2.23. The zero-order chi connectivity index (χ0) is 25.7. The summed E-state index contributed by atoms with van der Waals surface area (Å²) in [4.78, 5) is 29.5. The molecule has 3 heterocycles. The van der Waals surface area contributed by atoms with Crippen LogP contribution in [0.15, 0.2) is 63.9 Å². The maximum absolute atomic E-state index is 14.5. The van der Waals surface area contributed by atoms with Gasteiger partial charge in [0, 0.05) is 17.8 Å². The van der Waals surface area contributed by atoms with E-state index < -0.39 is 23.4 Å². The number of aromatic nitrogens is 2. The van der Waals surface area contributed by atoms with Gasteiger partial charge in [0.15, 0.2) is 17.0 Å². The van der Waals surface area contributed by atoms with Gasteiger partial charge in [-0.2, -0.15) is 0 Å². The number of pyridine rings is 1. The highest BCUT2D eigenvalue weighted by molar-refractivity contribution is 6.31. The molecule has 36 heavy (non-hydrogen) atoms. The van der Waals surface area contributed by atoms with Crippen LogP contribution in [-0.2, 0) is 0 Å². The minimum atomic E-state index is -1.45. The van der Waals surface area contributed by atoms with Gasteiger partial charge in [-0.25, -0.2) is 14.2 Å². The summed E-state index contributed by atoms with van der Waals surface area (Å²) in [6, 6.07) is 12.8. The molecule has 182 valence electrons. The van der Waals surface area contributed by atoms with Crippen LogP contribution in [0.25, 0.3) is 28.1 Å². The number of aromatic carboxylic acids is 1. The van der Waals surface area contributed by atoms with Crippen molar-refractivity contribution < 1.29 is 18.7 Å². The number of nitrogens with one attached hydrogen (secondary N) is 1. The quantitative estimate of drug-likeness (QED) is 0.287. The van der Waals surface area contributed by atoms with Gasteiger partial charge in [-0.05, 0) is 56.7 Å². The number of imidazole rings is 1. The van der Waals surface area contributed by atoms with Gasteiger partial charge in [0.05, 0.1) is 27.8 Å². The molecule has 0 radical (unpaired) electrons. The molecule has 0 spiro atoms. The minimum Gasteiger partial charge on any atom is -0.478 e. The summed E-state index contributed by atoms with van der Waals surface area (Å²) < 4.78 is 22.7. The predicted molar refractivity (Wildman–Crippen MR) is 137 cm³/mol. The molecule has 0 amide bonds. The van der Waals surface area contributed by atoms with Crippen molar-refractivity contribution in [2.75, 3.05) is 5.32 Å². The highest BCUT2D eigenvalue weighted by Crippen LogP contribution is 2.33. The SMILES string of the molecule is Cc1cc(C(C)Nc2ccc(Cl)c(F)c2C(=O)O)c2oc(-c3c(C)nc4ccccn34)cc(=O)c2c1. The molecule has 3 aromatic heterocycles. The van der Waals surface area contributed by atoms with Crippen molar-refractivity contribution in [1.82, 2.24) is 9.38 Å². The van der Waals surface area contributed by atoms with Crippen molar-refractivity contribution in [1.29, 1.82) is 0 Å². The van der Waals surface area contributed by atoms with Crippen molar-refractivity contribution in [2.24, 2.45) is 0 Å². The predicted octanol–water partition coefficient (Wildman–Crippen LogP) is 6.39. The number of hydrogen-bond donors (Lipinski definition) is 2. The van der Waals surface area contributed by atoms with Crippen LogP contribution in [0.5, 0.6) is 0 Å². The van der Waals surface area contributed by atoms with Gasteiger partial charge in [-0.15, -0.1) is 0 Å². The molecular formula is C27H21ClFN3O4. The highest BCUT2D eigenvalue weighted by atomic mass is 35.5. The summed E-state index contributed by atoms with van der Waals surface area (Å²) in [6.45, 7) is 5.47. The Morgan fingerprint density at radius 1 is 1.19 bits per heavy atom. The van der Waals surface area contributed by atoms with E-state index in [2.05, 4.69) is 10.3 Å². The molecule has 0 aliphatic carbocycles. The van der Waals surface area contributed by atoms with Crippen LogP contribution in [0.1, 0.15) is 40.1 Å². The molecule has 5 rings (SSSR count). The lowest BCUT2D eigenvalue weighted by Gasteiger charge is -2.20. The van der Waals surface area contributed by atoms with Crippen molar-refractivity contribution in [2.45, 2.75) is 26.8 Å². The lowest BCUT2D eigenvalue weighted by atomic mass is 10.0. The van der Waals surface area contributed by atoms with Crippen LogP contribution in [0, 0.1) is 19.7 Å². The van der Waals surface area contributed by atoms with E-state index in [0.29, 0.717) is 33.7 Å². The lowest BCUT2D eigenvalue weighted by Crippen LogP contribution is -2.14. The van der Waals surface area contributed by atoms with E-state index in [9.17, 15) is 19.1 Å². The van der Waals surface area contributed by atoms with Crippen LogP contribution in [0.2, 0.25) is 5.02 Å². The molecule has 0 aliphatic rings. The molecule has 2 N–H and O–H groups in total. The topological polar surface area (TPSA) is 96.8 Å². The third kappa shape index (κ3) is 3.89. The molecular weight excluding hydrogens is 485 g/mol. The molecule has 5 aromatic rings. The summed E-state index contributed by atoms with van der Waals surface area (Å²) in [5.74, 6) is -2.12. The molecule has 1 unspecified atom stereocenters. The molecule has 9 heteroatoms. The molecule has 0 fully saturated rings. The van der Waals surface area contributed by atoms with Gasteiger partial charge in [-0.3, -0.25) is 9.20 Å². The minimum absolute atomic E-state index is 0.0580. The second-order valence-corrected chi connectivity index (χ2v) is 9.04. The lowest BCUT2D eigenvalue weighted by molar-refractivity contribution is 0.0693. The van der Waals surface area contributed by atoms with E-state index >= 15 is 0 Å². The number of aryl methyl sites for hydroxylation is 2. The Labute approximate surface area is 209 Å². The van der Waals surface area contributed by atoms with Gasteiger partial charge in [0.25, 0.3) is 0 Å². The van der Waals surface area contributed by atoms with Gasteiger partial charge >= 0.3 is 5.97 Å². The Morgan fingerprint density at radius 2 is 1.97 bits per heavy atom. The second kappa shape index (κ2) is 8.80. The van der Waals surface area contributed by atoms with Crippen molar-refractivity contribution in [3.63, 3.8) is 0 Å². The number of hydrogen-bond acceptors (Lipinski definition) is 5. The van der Waals surface area contributed by atoms with Gasteiger partial charge in [0.2, 0.25) is 0 Å². The first-order valence-electron chi connectivity index (χ1n) is 11.2. The Kier molecular flexibility index (Phi) is 5.76. The molecule has 7 nitrogen and oxygen atoms in total. The number of nitrogens with zero attached hydrogens (tertiary/aromatic N) is 2. The summed E-state index contributed by atoms with van der Waals surface area (Å²) in [5, 5.41) is 12.7. The second-order valence-electron chi connectivity index (χ2n) is 8.64. The van der Waals surface area contributed by atoms with E-state index in [1.165, 1.54) is 18.2 Å². The summed E-state index contributed by atoms with van der Waals surface area (Å²) >= 11 is 5.80. The fraction of sp³-hybridized carbons (Fsp3) is 0.148. The number of carboxylic acids is 1. The molecule has 2 aromatic carbocycles. The van der Waals surface area contributed by atoms with E-state index in [0.717, 1.165) is 11.2 Å². The Morgan fingerprint density at radius 3 is 2.72 bits per heavy atom. The first-order chi connectivity index (χ1) is 17.2. The summed E-state index contributed by atoms with van der Waals surface area (Å²) in [6.07, 6.45) is 1.84. The van der Waals surface area contributed by atoms with Crippen molar-refractivity contribution in [3.05, 3.63) is 98.2 Å². The van der Waals surface area contributed by atoms with E-state index in [1.807, 2.05) is 48.7 Å². The number of carboxylic acid groups (broad SMARTS) is 1. The Bertz CT molecular complexity index is 1740. The van der Waals surface area contributed by atoms with Crippen LogP contribution in [0.4, 0.5) is 10.1 Å². The number of halogens is 2. The number of carbonyl (C=O) groups is 1. The monoisotopic (exact) mass is 505 g/mol. The normalized spacial score (nSPS) is 12.2. The summed E-state index contributed by atoms with van der Waals surface area (Å²) in [5.41, 5.74) is 3.13. The molecule has 0 bridgehead atoms. The van der Waals surface area contributed by atoms with Gasteiger partial charge < -0.3 is 14.8 Å². The zero-order valence-electron chi connectivity index (χ0n) is 19.6. The number of benzene rings is 2. The Balaban J connectivity index is 1.69. The average molecular weight is 506 g/mol. The Hall–Kier alpha value is -4.17. The third-order valence-corrected chi connectivity index (χ3v) is 6.38. The maximum Gasteiger partial charge on any atom is 0.340 e. The molecule has 0 aliphatic heterocycles. The molecule has 0 saturated carbocycles. The van der Waals surface area contributed by atoms with Crippen molar-refractivity contribution >= 4 is 39.9 Å². The number of fused-ring (bicyclic) bond motifs is 2. The van der Waals surface area contributed by atoms with E-state index in [1.54, 1.807) is 13.0 Å². The van der Waals surface area contributed by atoms with Crippen LogP contribution in [-0.4, -0.2) is 20.5 Å². The summed E-state index contributed by atoms with van der Waals surface area (Å²) in [7, 11) is 0. The third-order valence-electron chi connectivity index (χ3n) is 6.09. The molecule has 1 atom stereocenters. The van der Waals surface area contributed by atoms with Crippen LogP contribution >= 0.6 is 11.6 Å². The number of rotatable bonds is 5. The zero-order valence-corrected chi connectivity index (χ0v) is 20.4. The van der Waals surface area contributed by atoms with Crippen LogP contribution < -0.4 is 10.7 Å². The standard InChI is InChI=1S/C27H21ClFN3O4/c1-13-10-16(14(2)30-19-8-7-18(28)24(29)23(19)27(34)35)26-17(11-13)20(33)12-21(36-26)25-15(3)31-22-6-4-5-9-32(22)25/h4-12,14,30H,1-3H3,(H,34,35). The van der Waals surface area contributed by atoms with E-state index in [4.69, 9.17) is 16.0 Å².